The van der Waals surface area contributed by atoms with Crippen molar-refractivity contribution < 1.29 is 13.6 Å². The van der Waals surface area contributed by atoms with Crippen LogP contribution in [-0.4, -0.2) is 5.91 Å². The van der Waals surface area contributed by atoms with Crippen molar-refractivity contribution >= 4 is 27.5 Å². The van der Waals surface area contributed by atoms with Gasteiger partial charge >= 0.3 is 0 Å². The molecule has 3 nitrogen and oxygen atoms in total. The van der Waals surface area contributed by atoms with E-state index in [0.717, 1.165) is 16.6 Å². The van der Waals surface area contributed by atoms with E-state index in [1.54, 1.807) is 24.3 Å². The molecular formula is C15H13BrF2N2O. The average molecular weight is 355 g/mol. The van der Waals surface area contributed by atoms with Crippen LogP contribution in [0.5, 0.6) is 0 Å². The Morgan fingerprint density at radius 3 is 2.29 bits per heavy atom. The number of carbonyl (C=O) groups is 1. The minimum absolute atomic E-state index is 0.405. The van der Waals surface area contributed by atoms with E-state index in [0.29, 0.717) is 5.69 Å². The molecule has 0 saturated carbocycles. The van der Waals surface area contributed by atoms with Crippen LogP contribution < -0.4 is 11.1 Å². The Kier molecular flexibility index (Phi) is 4.27. The van der Waals surface area contributed by atoms with Gasteiger partial charge in [-0.1, -0.05) is 28.1 Å². The van der Waals surface area contributed by atoms with Gasteiger partial charge in [0.1, 0.15) is 17.2 Å². The van der Waals surface area contributed by atoms with Gasteiger partial charge in [-0.3, -0.25) is 4.79 Å². The third-order valence-corrected chi connectivity index (χ3v) is 3.67. The Balaban J connectivity index is 2.53. The molecule has 0 aliphatic carbocycles. The second-order valence-corrected chi connectivity index (χ2v) is 5.64. The standard InChI is InChI=1S/C15H13BrF2N2O/c1-15(14(19)21,13-11(17)6-3-7-12(13)18)20-10-5-2-4-9(16)8-10/h2-8,20H,1H3,(H2,19,21). The maximum Gasteiger partial charge on any atom is 0.247 e. The Labute approximate surface area is 129 Å². The molecule has 2 rings (SSSR count). The first-order valence-corrected chi connectivity index (χ1v) is 6.92. The molecule has 0 aromatic heterocycles. The quantitative estimate of drug-likeness (QED) is 0.882. The van der Waals surface area contributed by atoms with Crippen molar-refractivity contribution in [1.29, 1.82) is 0 Å². The fourth-order valence-corrected chi connectivity index (χ4v) is 2.48. The fraction of sp³-hybridized carbons (Fsp3) is 0.133. The molecule has 0 aliphatic rings. The minimum Gasteiger partial charge on any atom is -0.368 e. The van der Waals surface area contributed by atoms with Gasteiger partial charge in [0.2, 0.25) is 5.91 Å². The molecule has 0 fully saturated rings. The molecular weight excluding hydrogens is 342 g/mol. The number of halogens is 3. The van der Waals surface area contributed by atoms with Crippen LogP contribution in [-0.2, 0) is 10.3 Å². The Bertz CT molecular complexity index is 673. The molecule has 0 radical (unpaired) electrons. The van der Waals surface area contributed by atoms with E-state index in [2.05, 4.69) is 21.2 Å². The molecule has 2 aromatic carbocycles. The summed E-state index contributed by atoms with van der Waals surface area (Å²) in [6, 6.07) is 10.3. The maximum absolute atomic E-state index is 14.0. The molecule has 21 heavy (non-hydrogen) atoms. The highest BCUT2D eigenvalue weighted by molar-refractivity contribution is 9.10. The summed E-state index contributed by atoms with van der Waals surface area (Å²) in [6.07, 6.45) is 0. The summed E-state index contributed by atoms with van der Waals surface area (Å²) in [5.74, 6) is -2.55. The summed E-state index contributed by atoms with van der Waals surface area (Å²) in [6.45, 7) is 1.34. The number of hydrogen-bond acceptors (Lipinski definition) is 2. The van der Waals surface area contributed by atoms with Crippen LogP contribution in [0.1, 0.15) is 12.5 Å². The SMILES string of the molecule is CC(Nc1cccc(Br)c1)(C(N)=O)c1c(F)cccc1F. The van der Waals surface area contributed by atoms with Gasteiger partial charge in [0.05, 0.1) is 5.56 Å². The topological polar surface area (TPSA) is 55.1 Å². The van der Waals surface area contributed by atoms with Crippen molar-refractivity contribution in [1.82, 2.24) is 0 Å². The van der Waals surface area contributed by atoms with Crippen LogP contribution in [0.4, 0.5) is 14.5 Å². The molecule has 0 saturated heterocycles. The monoisotopic (exact) mass is 354 g/mol. The smallest absolute Gasteiger partial charge is 0.247 e. The average Bonchev–Trinajstić information content (AvgIpc) is 2.38. The van der Waals surface area contributed by atoms with Gasteiger partial charge in [-0.15, -0.1) is 0 Å². The van der Waals surface area contributed by atoms with Gasteiger partial charge in [-0.25, -0.2) is 8.78 Å². The number of primary amides is 1. The number of rotatable bonds is 4. The summed E-state index contributed by atoms with van der Waals surface area (Å²) in [5, 5.41) is 2.81. The fourth-order valence-electron chi connectivity index (χ4n) is 2.08. The predicted molar refractivity (Wildman–Crippen MR) is 80.7 cm³/mol. The lowest BCUT2D eigenvalue weighted by Crippen LogP contribution is -2.46. The van der Waals surface area contributed by atoms with Crippen LogP contribution >= 0.6 is 15.9 Å². The molecule has 3 N–H and O–H groups in total. The lowest BCUT2D eigenvalue weighted by atomic mass is 9.89. The first-order valence-electron chi connectivity index (χ1n) is 6.13. The highest BCUT2D eigenvalue weighted by Gasteiger charge is 2.38. The first-order chi connectivity index (χ1) is 9.84. The number of nitrogens with one attached hydrogen (secondary N) is 1. The van der Waals surface area contributed by atoms with Crippen LogP contribution in [0.3, 0.4) is 0 Å². The lowest BCUT2D eigenvalue weighted by molar-refractivity contribution is -0.122. The van der Waals surface area contributed by atoms with E-state index in [9.17, 15) is 13.6 Å². The van der Waals surface area contributed by atoms with Crippen LogP contribution in [0, 0.1) is 11.6 Å². The number of amides is 1. The van der Waals surface area contributed by atoms with E-state index in [1.807, 2.05) is 0 Å². The molecule has 0 bridgehead atoms. The highest BCUT2D eigenvalue weighted by atomic mass is 79.9. The Hall–Kier alpha value is -1.95. The number of benzene rings is 2. The van der Waals surface area contributed by atoms with E-state index in [-0.39, 0.29) is 0 Å². The molecule has 0 spiro atoms. The molecule has 110 valence electrons. The third-order valence-electron chi connectivity index (χ3n) is 3.17. The third kappa shape index (κ3) is 3.05. The van der Waals surface area contributed by atoms with E-state index >= 15 is 0 Å². The van der Waals surface area contributed by atoms with Crippen molar-refractivity contribution in [2.75, 3.05) is 5.32 Å². The minimum atomic E-state index is -1.71. The highest BCUT2D eigenvalue weighted by Crippen LogP contribution is 2.31. The van der Waals surface area contributed by atoms with E-state index < -0.39 is 28.6 Å². The molecule has 0 heterocycles. The molecule has 6 heteroatoms. The largest absolute Gasteiger partial charge is 0.368 e. The Morgan fingerprint density at radius 1 is 1.19 bits per heavy atom. The zero-order valence-corrected chi connectivity index (χ0v) is 12.7. The van der Waals surface area contributed by atoms with Gasteiger partial charge < -0.3 is 11.1 Å². The Morgan fingerprint density at radius 2 is 1.76 bits per heavy atom. The van der Waals surface area contributed by atoms with Gasteiger partial charge in [-0.05, 0) is 37.3 Å². The molecule has 1 unspecified atom stereocenters. The van der Waals surface area contributed by atoms with Crippen molar-refractivity contribution in [2.45, 2.75) is 12.5 Å². The number of hydrogen-bond donors (Lipinski definition) is 2. The van der Waals surface area contributed by atoms with E-state index in [4.69, 9.17) is 5.73 Å². The van der Waals surface area contributed by atoms with Crippen LogP contribution in [0.25, 0.3) is 0 Å². The first kappa shape index (κ1) is 15.4. The number of nitrogens with two attached hydrogens (primary N) is 1. The zero-order chi connectivity index (χ0) is 15.6. The van der Waals surface area contributed by atoms with Crippen LogP contribution in [0.2, 0.25) is 0 Å². The van der Waals surface area contributed by atoms with E-state index in [1.165, 1.54) is 13.0 Å². The van der Waals surface area contributed by atoms with Crippen molar-refractivity contribution in [3.63, 3.8) is 0 Å². The number of anilines is 1. The summed E-state index contributed by atoms with van der Waals surface area (Å²) >= 11 is 3.29. The predicted octanol–water partition coefficient (Wildman–Crippen LogP) is 3.54. The second-order valence-electron chi connectivity index (χ2n) is 4.72. The van der Waals surface area contributed by atoms with Crippen molar-refractivity contribution in [2.24, 2.45) is 5.73 Å². The summed E-state index contributed by atoms with van der Waals surface area (Å²) in [5.41, 5.74) is 3.77. The summed E-state index contributed by atoms with van der Waals surface area (Å²) in [4.78, 5) is 11.8. The molecule has 2 aromatic rings. The van der Waals surface area contributed by atoms with Crippen LogP contribution in [0.15, 0.2) is 46.9 Å². The molecule has 1 amide bonds. The van der Waals surface area contributed by atoms with Gasteiger partial charge in [-0.2, -0.15) is 0 Å². The van der Waals surface area contributed by atoms with Gasteiger partial charge in [0.15, 0.2) is 0 Å². The van der Waals surface area contributed by atoms with Crippen molar-refractivity contribution in [3.05, 3.63) is 64.1 Å². The lowest BCUT2D eigenvalue weighted by Gasteiger charge is -2.29. The number of carbonyl (C=O) groups excluding carboxylic acids is 1. The van der Waals surface area contributed by atoms with Gasteiger partial charge in [0, 0.05) is 10.2 Å². The zero-order valence-electron chi connectivity index (χ0n) is 11.2. The normalized spacial score (nSPS) is 13.5. The van der Waals surface area contributed by atoms with Crippen molar-refractivity contribution in [3.8, 4) is 0 Å². The summed E-state index contributed by atoms with van der Waals surface area (Å²) < 4.78 is 28.7. The second kappa shape index (κ2) is 5.81. The van der Waals surface area contributed by atoms with Gasteiger partial charge in [0.25, 0.3) is 0 Å². The molecule has 1 atom stereocenters. The summed E-state index contributed by atoms with van der Waals surface area (Å²) in [7, 11) is 0. The molecule has 0 aliphatic heterocycles. The maximum atomic E-state index is 14.0.